The molecule has 0 bridgehead atoms. The lowest BCUT2D eigenvalue weighted by atomic mass is 10.1. The van der Waals surface area contributed by atoms with Crippen molar-refractivity contribution in [2.45, 2.75) is 38.8 Å². The van der Waals surface area contributed by atoms with Gasteiger partial charge in [-0.2, -0.15) is 0 Å². The van der Waals surface area contributed by atoms with Crippen LogP contribution in [0.2, 0.25) is 0 Å². The van der Waals surface area contributed by atoms with Crippen molar-refractivity contribution in [3.63, 3.8) is 0 Å². The minimum Gasteiger partial charge on any atom is -0.380 e. The average molecular weight is 393 g/mol. The van der Waals surface area contributed by atoms with Gasteiger partial charge < -0.3 is 19.9 Å². The summed E-state index contributed by atoms with van der Waals surface area (Å²) in [6, 6.07) is 8.39. The number of carbonyl (C=O) groups excluding carboxylic acids is 1. The summed E-state index contributed by atoms with van der Waals surface area (Å²) in [5.41, 5.74) is 4.60. The smallest absolute Gasteiger partial charge is 0.255 e. The van der Waals surface area contributed by atoms with Crippen LogP contribution in [0, 0.1) is 0 Å². The molecule has 1 aliphatic rings. The highest BCUT2D eigenvalue weighted by molar-refractivity contribution is 6.04. The standard InChI is InChI=1S/C22H27N5O2/c1-4-14(2)25-22(28)18-11-23-21-20(18)26-19(12-24-21)15-6-5-7-16(10-15)27-9-8-17(13-27)29-3/h5-7,10-12,14,17H,4,8-9,13H2,1-3H3,(H,23,24)(H,25,28). The minimum atomic E-state index is -0.131. The first-order chi connectivity index (χ1) is 14.1. The van der Waals surface area contributed by atoms with Crippen LogP contribution in [-0.4, -0.2) is 53.2 Å². The van der Waals surface area contributed by atoms with E-state index in [0.717, 1.165) is 42.9 Å². The Kier molecular flexibility index (Phi) is 5.49. The lowest BCUT2D eigenvalue weighted by Gasteiger charge is -2.19. The number of nitrogens with one attached hydrogen (secondary N) is 2. The molecule has 3 aromatic rings. The van der Waals surface area contributed by atoms with Crippen LogP contribution in [0.3, 0.4) is 0 Å². The Hall–Kier alpha value is -2.93. The van der Waals surface area contributed by atoms with Crippen molar-refractivity contribution < 1.29 is 9.53 Å². The summed E-state index contributed by atoms with van der Waals surface area (Å²) in [6.07, 6.45) is 5.61. The number of hydrogen-bond acceptors (Lipinski definition) is 5. The second-order valence-corrected chi connectivity index (χ2v) is 7.58. The molecule has 0 spiro atoms. The van der Waals surface area contributed by atoms with E-state index in [1.807, 2.05) is 26.0 Å². The van der Waals surface area contributed by atoms with Crippen LogP contribution in [0.5, 0.6) is 0 Å². The Labute approximate surface area is 170 Å². The van der Waals surface area contributed by atoms with Gasteiger partial charge in [0.15, 0.2) is 5.65 Å². The second kappa shape index (κ2) is 8.21. The molecule has 0 radical (unpaired) electrons. The highest BCUT2D eigenvalue weighted by Gasteiger charge is 2.22. The van der Waals surface area contributed by atoms with Gasteiger partial charge in [-0.25, -0.2) is 9.97 Å². The number of benzene rings is 1. The molecule has 2 N–H and O–H groups in total. The van der Waals surface area contributed by atoms with Crippen LogP contribution in [0.1, 0.15) is 37.0 Å². The third kappa shape index (κ3) is 3.96. The lowest BCUT2D eigenvalue weighted by Crippen LogP contribution is -2.31. The summed E-state index contributed by atoms with van der Waals surface area (Å²) in [6.45, 7) is 5.90. The molecule has 0 aliphatic carbocycles. The normalized spacial score (nSPS) is 17.6. The van der Waals surface area contributed by atoms with E-state index in [0.29, 0.717) is 16.7 Å². The molecule has 152 valence electrons. The van der Waals surface area contributed by atoms with E-state index in [-0.39, 0.29) is 18.1 Å². The van der Waals surface area contributed by atoms with Crippen LogP contribution < -0.4 is 10.2 Å². The molecule has 1 aliphatic heterocycles. The molecule has 1 aromatic carbocycles. The van der Waals surface area contributed by atoms with Crippen molar-refractivity contribution in [2.75, 3.05) is 25.1 Å². The van der Waals surface area contributed by atoms with Gasteiger partial charge in [-0.1, -0.05) is 19.1 Å². The second-order valence-electron chi connectivity index (χ2n) is 7.58. The summed E-state index contributed by atoms with van der Waals surface area (Å²) in [5.74, 6) is -0.131. The molecule has 2 aromatic heterocycles. The number of anilines is 1. The van der Waals surface area contributed by atoms with Gasteiger partial charge in [0, 0.05) is 43.7 Å². The Bertz CT molecular complexity index is 1020. The zero-order valence-electron chi connectivity index (χ0n) is 17.1. The number of carbonyl (C=O) groups is 1. The molecule has 3 heterocycles. The first-order valence-electron chi connectivity index (χ1n) is 10.1. The number of nitrogens with zero attached hydrogens (tertiary/aromatic N) is 3. The average Bonchev–Trinajstić information content (AvgIpc) is 3.40. The number of aromatic amines is 1. The van der Waals surface area contributed by atoms with Crippen LogP contribution >= 0.6 is 0 Å². The molecule has 7 heteroatoms. The molecule has 1 fully saturated rings. The van der Waals surface area contributed by atoms with Crippen molar-refractivity contribution >= 4 is 22.8 Å². The molecule has 2 unspecified atom stereocenters. The molecule has 1 amide bonds. The van der Waals surface area contributed by atoms with E-state index in [4.69, 9.17) is 9.72 Å². The van der Waals surface area contributed by atoms with E-state index in [1.165, 1.54) is 0 Å². The molecular weight excluding hydrogens is 366 g/mol. The van der Waals surface area contributed by atoms with Gasteiger partial charge in [0.25, 0.3) is 5.91 Å². The number of H-pyrrole nitrogens is 1. The Morgan fingerprint density at radius 2 is 2.31 bits per heavy atom. The van der Waals surface area contributed by atoms with Gasteiger partial charge in [-0.3, -0.25) is 4.79 Å². The van der Waals surface area contributed by atoms with Gasteiger partial charge >= 0.3 is 0 Å². The monoisotopic (exact) mass is 393 g/mol. The largest absolute Gasteiger partial charge is 0.380 e. The molecule has 1 saturated heterocycles. The summed E-state index contributed by atoms with van der Waals surface area (Å²) in [5, 5.41) is 2.99. The Morgan fingerprint density at radius 1 is 1.45 bits per heavy atom. The van der Waals surface area contributed by atoms with Gasteiger partial charge in [0.2, 0.25) is 0 Å². The van der Waals surface area contributed by atoms with Crippen molar-refractivity contribution in [2.24, 2.45) is 0 Å². The fourth-order valence-corrected chi connectivity index (χ4v) is 3.62. The third-order valence-corrected chi connectivity index (χ3v) is 5.60. The summed E-state index contributed by atoms with van der Waals surface area (Å²) in [4.78, 5) is 27.2. The molecule has 0 saturated carbocycles. The predicted molar refractivity (Wildman–Crippen MR) is 114 cm³/mol. The van der Waals surface area contributed by atoms with Gasteiger partial charge in [-0.15, -0.1) is 0 Å². The van der Waals surface area contributed by atoms with Crippen LogP contribution in [-0.2, 0) is 4.74 Å². The van der Waals surface area contributed by atoms with E-state index < -0.39 is 0 Å². The fraction of sp³-hybridized carbons (Fsp3) is 0.409. The predicted octanol–water partition coefficient (Wildman–Crippen LogP) is 3.38. The number of hydrogen-bond donors (Lipinski definition) is 2. The number of fused-ring (bicyclic) bond motifs is 1. The zero-order valence-corrected chi connectivity index (χ0v) is 17.1. The van der Waals surface area contributed by atoms with Crippen molar-refractivity contribution in [1.82, 2.24) is 20.3 Å². The van der Waals surface area contributed by atoms with Gasteiger partial charge in [-0.05, 0) is 31.9 Å². The Balaban J connectivity index is 1.64. The fourth-order valence-electron chi connectivity index (χ4n) is 3.62. The molecular formula is C22H27N5O2. The zero-order chi connectivity index (χ0) is 20.4. The quantitative estimate of drug-likeness (QED) is 0.671. The van der Waals surface area contributed by atoms with Crippen LogP contribution in [0.25, 0.3) is 22.4 Å². The van der Waals surface area contributed by atoms with E-state index >= 15 is 0 Å². The summed E-state index contributed by atoms with van der Waals surface area (Å²) < 4.78 is 5.48. The Morgan fingerprint density at radius 3 is 3.07 bits per heavy atom. The maximum absolute atomic E-state index is 12.6. The van der Waals surface area contributed by atoms with E-state index in [9.17, 15) is 4.79 Å². The first kappa shape index (κ1) is 19.4. The van der Waals surface area contributed by atoms with E-state index in [2.05, 4.69) is 32.3 Å². The topological polar surface area (TPSA) is 83.1 Å². The van der Waals surface area contributed by atoms with Crippen LogP contribution in [0.15, 0.2) is 36.7 Å². The first-order valence-corrected chi connectivity index (χ1v) is 10.1. The van der Waals surface area contributed by atoms with Crippen molar-refractivity contribution in [3.05, 3.63) is 42.2 Å². The highest BCUT2D eigenvalue weighted by Crippen LogP contribution is 2.27. The SMILES string of the molecule is CCC(C)NC(=O)c1c[nH]c2ncc(-c3cccc(N4CCC(OC)C4)c3)nc12. The van der Waals surface area contributed by atoms with Gasteiger partial charge in [0.1, 0.15) is 5.52 Å². The van der Waals surface area contributed by atoms with Gasteiger partial charge in [0.05, 0.1) is 23.6 Å². The number of ether oxygens (including phenoxy) is 1. The molecule has 7 nitrogen and oxygen atoms in total. The van der Waals surface area contributed by atoms with Crippen molar-refractivity contribution in [3.8, 4) is 11.3 Å². The maximum Gasteiger partial charge on any atom is 0.255 e. The number of aromatic nitrogens is 3. The molecule has 2 atom stereocenters. The maximum atomic E-state index is 12.6. The third-order valence-electron chi connectivity index (χ3n) is 5.60. The number of amides is 1. The molecule has 29 heavy (non-hydrogen) atoms. The van der Waals surface area contributed by atoms with Crippen LogP contribution in [0.4, 0.5) is 5.69 Å². The molecule has 4 rings (SSSR count). The van der Waals surface area contributed by atoms with Crippen molar-refractivity contribution in [1.29, 1.82) is 0 Å². The highest BCUT2D eigenvalue weighted by atomic mass is 16.5. The summed E-state index contributed by atoms with van der Waals surface area (Å²) in [7, 11) is 1.77. The minimum absolute atomic E-state index is 0.108. The van der Waals surface area contributed by atoms with E-state index in [1.54, 1.807) is 19.5 Å². The lowest BCUT2D eigenvalue weighted by molar-refractivity contribution is 0.0941. The number of rotatable bonds is 6. The number of methoxy groups -OCH3 is 1. The summed E-state index contributed by atoms with van der Waals surface area (Å²) >= 11 is 0.